The van der Waals surface area contributed by atoms with Gasteiger partial charge in [-0.25, -0.2) is 0 Å². The van der Waals surface area contributed by atoms with Crippen molar-refractivity contribution in [3.05, 3.63) is 59.7 Å². The molecule has 0 saturated carbocycles. The van der Waals surface area contributed by atoms with E-state index in [1.54, 1.807) is 7.11 Å². The zero-order valence-electron chi connectivity index (χ0n) is 16.4. The van der Waals surface area contributed by atoms with E-state index in [1.807, 2.05) is 52.2 Å². The molecule has 1 atom stereocenters. The van der Waals surface area contributed by atoms with Crippen molar-refractivity contribution >= 4 is 11.7 Å². The molecule has 2 rings (SSSR count). The van der Waals surface area contributed by atoms with Gasteiger partial charge < -0.3 is 14.4 Å². The van der Waals surface area contributed by atoms with Gasteiger partial charge in [0.2, 0.25) is 0 Å². The number of nitrogens with zero attached hydrogens (tertiary/aromatic N) is 1. The van der Waals surface area contributed by atoms with Crippen LogP contribution in [0.25, 0.3) is 0 Å². The van der Waals surface area contributed by atoms with Crippen LogP contribution in [0.5, 0.6) is 5.75 Å². The van der Waals surface area contributed by atoms with Crippen molar-refractivity contribution in [2.24, 2.45) is 5.92 Å². The van der Waals surface area contributed by atoms with Crippen molar-refractivity contribution in [3.8, 4) is 5.75 Å². The molecule has 2 aromatic carbocycles. The minimum absolute atomic E-state index is 0.114. The summed E-state index contributed by atoms with van der Waals surface area (Å²) in [5, 5.41) is 0. The summed E-state index contributed by atoms with van der Waals surface area (Å²) in [6.45, 7) is 3.77. The number of benzene rings is 2. The molecule has 0 aliphatic rings. The summed E-state index contributed by atoms with van der Waals surface area (Å²) in [5.41, 5.74) is 3.38. The van der Waals surface area contributed by atoms with Crippen LogP contribution in [0.1, 0.15) is 25.0 Å². The Morgan fingerprint density at radius 1 is 0.923 bits per heavy atom. The maximum Gasteiger partial charge on any atom is 0.309 e. The van der Waals surface area contributed by atoms with Gasteiger partial charge in [-0.1, -0.05) is 24.3 Å². The number of ether oxygens (including phenoxy) is 2. The van der Waals surface area contributed by atoms with Crippen molar-refractivity contribution in [3.63, 3.8) is 0 Å². The van der Waals surface area contributed by atoms with Gasteiger partial charge in [0.1, 0.15) is 5.75 Å². The number of rotatable bonds is 8. The fourth-order valence-electron chi connectivity index (χ4n) is 2.83. The van der Waals surface area contributed by atoms with Gasteiger partial charge in [0.25, 0.3) is 0 Å². The Morgan fingerprint density at radius 2 is 1.42 bits per heavy atom. The fraction of sp³-hybridized carbons (Fsp3) is 0.409. The number of hydrogen-bond acceptors (Lipinski definition) is 4. The van der Waals surface area contributed by atoms with Gasteiger partial charge in [0.05, 0.1) is 19.1 Å². The quantitative estimate of drug-likeness (QED) is 0.668. The molecule has 0 amide bonds. The first-order valence-corrected chi connectivity index (χ1v) is 8.98. The first-order valence-electron chi connectivity index (χ1n) is 8.98. The first kappa shape index (κ1) is 19.8. The lowest BCUT2D eigenvalue weighted by Gasteiger charge is -2.19. The van der Waals surface area contributed by atoms with Crippen LogP contribution >= 0.6 is 0 Å². The van der Waals surface area contributed by atoms with E-state index in [0.717, 1.165) is 22.6 Å². The molecule has 0 aromatic heterocycles. The maximum atomic E-state index is 12.6. The smallest absolute Gasteiger partial charge is 0.309 e. The zero-order valence-corrected chi connectivity index (χ0v) is 16.4. The number of anilines is 1. The second-order valence-corrected chi connectivity index (χ2v) is 7.00. The second kappa shape index (κ2) is 9.27. The molecule has 0 saturated heterocycles. The Kier molecular flexibility index (Phi) is 7.07. The number of carbonyl (C=O) groups is 1. The summed E-state index contributed by atoms with van der Waals surface area (Å²) < 4.78 is 10.7. The van der Waals surface area contributed by atoms with Gasteiger partial charge in [-0.15, -0.1) is 0 Å². The number of hydrogen-bond donors (Lipinski definition) is 0. The topological polar surface area (TPSA) is 38.8 Å². The van der Waals surface area contributed by atoms with Gasteiger partial charge in [-0.05, 0) is 62.1 Å². The van der Waals surface area contributed by atoms with Crippen LogP contribution in [0.4, 0.5) is 5.69 Å². The molecule has 0 radical (unpaired) electrons. The summed E-state index contributed by atoms with van der Waals surface area (Å²) in [7, 11) is 5.68. The average molecular weight is 355 g/mol. The highest BCUT2D eigenvalue weighted by molar-refractivity contribution is 5.73. The molecule has 0 bridgehead atoms. The predicted octanol–water partition coefficient (Wildman–Crippen LogP) is 4.11. The van der Waals surface area contributed by atoms with E-state index in [0.29, 0.717) is 12.8 Å². The minimum atomic E-state index is -0.212. The van der Waals surface area contributed by atoms with Crippen molar-refractivity contribution in [1.29, 1.82) is 0 Å². The molecular weight excluding hydrogens is 326 g/mol. The van der Waals surface area contributed by atoms with E-state index >= 15 is 0 Å². The molecule has 0 fully saturated rings. The molecular formula is C22H29NO3. The highest BCUT2D eigenvalue weighted by Gasteiger charge is 2.22. The van der Waals surface area contributed by atoms with Crippen LogP contribution in [0.2, 0.25) is 0 Å². The van der Waals surface area contributed by atoms with E-state index in [9.17, 15) is 4.79 Å². The second-order valence-electron chi connectivity index (χ2n) is 7.00. The minimum Gasteiger partial charge on any atom is -0.497 e. The monoisotopic (exact) mass is 355 g/mol. The van der Waals surface area contributed by atoms with Crippen LogP contribution in [-0.4, -0.2) is 33.3 Å². The summed E-state index contributed by atoms with van der Waals surface area (Å²) in [4.78, 5) is 14.7. The van der Waals surface area contributed by atoms with Crippen molar-refractivity contribution < 1.29 is 14.3 Å². The summed E-state index contributed by atoms with van der Waals surface area (Å²) in [6, 6.07) is 16.2. The fourth-order valence-corrected chi connectivity index (χ4v) is 2.83. The van der Waals surface area contributed by atoms with Crippen molar-refractivity contribution in [2.45, 2.75) is 32.8 Å². The zero-order chi connectivity index (χ0) is 19.1. The third-order valence-electron chi connectivity index (χ3n) is 4.26. The van der Waals surface area contributed by atoms with E-state index in [-0.39, 0.29) is 18.0 Å². The molecule has 0 spiro atoms. The van der Waals surface area contributed by atoms with Crippen LogP contribution in [0.15, 0.2) is 48.5 Å². The molecule has 140 valence electrons. The number of carbonyl (C=O) groups excluding carboxylic acids is 1. The Labute approximate surface area is 156 Å². The van der Waals surface area contributed by atoms with E-state index in [4.69, 9.17) is 9.47 Å². The van der Waals surface area contributed by atoms with E-state index in [1.165, 1.54) is 0 Å². The van der Waals surface area contributed by atoms with Gasteiger partial charge in [0.15, 0.2) is 0 Å². The molecule has 0 aliphatic heterocycles. The van der Waals surface area contributed by atoms with E-state index < -0.39 is 0 Å². The van der Waals surface area contributed by atoms with Crippen LogP contribution < -0.4 is 9.64 Å². The van der Waals surface area contributed by atoms with Gasteiger partial charge in [-0.2, -0.15) is 0 Å². The highest BCUT2D eigenvalue weighted by Crippen LogP contribution is 2.21. The first-order chi connectivity index (χ1) is 12.4. The Morgan fingerprint density at radius 3 is 1.85 bits per heavy atom. The third-order valence-corrected chi connectivity index (χ3v) is 4.26. The van der Waals surface area contributed by atoms with Gasteiger partial charge >= 0.3 is 5.97 Å². The molecule has 4 nitrogen and oxygen atoms in total. The number of methoxy groups -OCH3 is 1. The van der Waals surface area contributed by atoms with Crippen molar-refractivity contribution in [1.82, 2.24) is 0 Å². The average Bonchev–Trinajstić information content (AvgIpc) is 2.61. The summed E-state index contributed by atoms with van der Waals surface area (Å²) in [6.07, 6.45) is 1.19. The molecule has 2 aromatic rings. The molecule has 0 N–H and O–H groups in total. The van der Waals surface area contributed by atoms with Crippen LogP contribution in [-0.2, 0) is 22.4 Å². The summed E-state index contributed by atoms with van der Waals surface area (Å²) >= 11 is 0. The lowest BCUT2D eigenvalue weighted by atomic mass is 9.92. The molecule has 0 heterocycles. The molecule has 0 aliphatic carbocycles. The van der Waals surface area contributed by atoms with Gasteiger partial charge in [-0.3, -0.25) is 4.79 Å². The highest BCUT2D eigenvalue weighted by atomic mass is 16.5. The lowest BCUT2D eigenvalue weighted by molar-refractivity contribution is -0.152. The van der Waals surface area contributed by atoms with Crippen molar-refractivity contribution in [2.75, 3.05) is 26.1 Å². The molecule has 0 unspecified atom stereocenters. The van der Waals surface area contributed by atoms with Crippen LogP contribution in [0.3, 0.4) is 0 Å². The lowest BCUT2D eigenvalue weighted by Crippen LogP contribution is -2.25. The number of esters is 1. The molecule has 26 heavy (non-hydrogen) atoms. The Bertz CT molecular complexity index is 690. The third kappa shape index (κ3) is 5.80. The predicted molar refractivity (Wildman–Crippen MR) is 106 cm³/mol. The molecule has 4 heteroatoms. The Hall–Kier alpha value is -2.49. The normalized spacial score (nSPS) is 11.9. The maximum absolute atomic E-state index is 12.6. The van der Waals surface area contributed by atoms with E-state index in [2.05, 4.69) is 29.2 Å². The largest absolute Gasteiger partial charge is 0.497 e. The summed E-state index contributed by atoms with van der Waals surface area (Å²) in [5.74, 6) is 0.456. The Balaban J connectivity index is 2.15. The van der Waals surface area contributed by atoms with Gasteiger partial charge in [0, 0.05) is 19.8 Å². The van der Waals surface area contributed by atoms with Crippen LogP contribution in [0, 0.1) is 5.92 Å². The SMILES string of the molecule is COc1ccc(C[C@@H](Cc2ccc(N(C)C)cc2)C(=O)OC(C)C)cc1. The standard InChI is InChI=1S/C22H29NO3/c1-16(2)26-22(24)19(15-18-8-12-21(25-5)13-9-18)14-17-6-10-20(11-7-17)23(3)4/h6-13,16,19H,14-15H2,1-5H3/t19-/m1/s1.